The van der Waals surface area contributed by atoms with Crippen LogP contribution in [0.3, 0.4) is 0 Å². The Morgan fingerprint density at radius 2 is 1.87 bits per heavy atom. The quantitative estimate of drug-likeness (QED) is 0.744. The Morgan fingerprint density at radius 3 is 2.53 bits per heavy atom. The van der Waals surface area contributed by atoms with Crippen molar-refractivity contribution in [3.8, 4) is 0 Å². The van der Waals surface area contributed by atoms with Gasteiger partial charge in [-0.05, 0) is 48.7 Å². The number of anilines is 2. The number of nitrogens with one attached hydrogen (secondary N) is 1. The first-order valence-corrected chi connectivity index (χ1v) is 9.97. The van der Waals surface area contributed by atoms with Gasteiger partial charge in [0.05, 0.1) is 5.69 Å². The van der Waals surface area contributed by atoms with Gasteiger partial charge in [0.25, 0.3) is 11.8 Å². The second-order valence-electron chi connectivity index (χ2n) is 7.24. The normalized spacial score (nSPS) is 20.1. The molecule has 0 radical (unpaired) electrons. The minimum Gasteiger partial charge on any atom is -0.324 e. The molecule has 1 saturated heterocycles. The summed E-state index contributed by atoms with van der Waals surface area (Å²) in [4.78, 5) is 39.3. The summed E-state index contributed by atoms with van der Waals surface area (Å²) in [5.74, 6) is -1.31. The van der Waals surface area contributed by atoms with Crippen LogP contribution >= 0.6 is 11.6 Å². The minimum absolute atomic E-state index is 0.193. The molecule has 8 nitrogen and oxygen atoms in total. The fraction of sp³-hybridized carbons (Fsp3) is 0.286. The van der Waals surface area contributed by atoms with Crippen LogP contribution in [0.5, 0.6) is 0 Å². The van der Waals surface area contributed by atoms with Gasteiger partial charge in [-0.2, -0.15) is 5.11 Å². The molecule has 2 aliphatic heterocycles. The third kappa shape index (κ3) is 3.54. The molecule has 0 aromatic heterocycles. The second kappa shape index (κ2) is 7.87. The van der Waals surface area contributed by atoms with E-state index in [1.54, 1.807) is 18.2 Å². The summed E-state index contributed by atoms with van der Waals surface area (Å²) < 4.78 is 0. The lowest BCUT2D eigenvalue weighted by Gasteiger charge is -2.20. The van der Waals surface area contributed by atoms with Crippen molar-refractivity contribution >= 4 is 40.7 Å². The maximum absolute atomic E-state index is 13.0. The summed E-state index contributed by atoms with van der Waals surface area (Å²) >= 11 is 6.15. The summed E-state index contributed by atoms with van der Waals surface area (Å²) in [6.45, 7) is 3.69. The van der Waals surface area contributed by atoms with E-state index in [1.165, 1.54) is 5.01 Å². The number of carbonyl (C=O) groups is 3. The van der Waals surface area contributed by atoms with Crippen LogP contribution in [-0.2, 0) is 20.8 Å². The van der Waals surface area contributed by atoms with Crippen molar-refractivity contribution in [1.29, 1.82) is 0 Å². The predicted octanol–water partition coefficient (Wildman–Crippen LogP) is 3.14. The number of aryl methyl sites for hydroxylation is 2. The number of nitrogens with zero attached hydrogens (tertiary/aromatic N) is 4. The standard InChI is InChI=1S/C21H20ClN5O3/c1-3-13-5-7-14(8-6-13)23-17(28)11-26-19-18(24-25-26)20(29)27(21(19)30)15-9-4-12(2)16(22)10-15/h4-10,18-19H,3,11H2,1-2H3,(H,23,28)/t18-,19+/m1/s1. The van der Waals surface area contributed by atoms with Gasteiger partial charge in [-0.25, -0.2) is 4.90 Å². The van der Waals surface area contributed by atoms with Crippen LogP contribution in [0.4, 0.5) is 11.4 Å². The van der Waals surface area contributed by atoms with Gasteiger partial charge in [0.15, 0.2) is 12.1 Å². The van der Waals surface area contributed by atoms with Crippen LogP contribution < -0.4 is 10.2 Å². The largest absolute Gasteiger partial charge is 0.324 e. The van der Waals surface area contributed by atoms with Gasteiger partial charge in [0.1, 0.15) is 6.54 Å². The lowest BCUT2D eigenvalue weighted by atomic mass is 10.1. The monoisotopic (exact) mass is 425 g/mol. The van der Waals surface area contributed by atoms with Gasteiger partial charge in [-0.15, -0.1) is 0 Å². The maximum atomic E-state index is 13.0. The van der Waals surface area contributed by atoms with Gasteiger partial charge in [0.2, 0.25) is 5.91 Å². The van der Waals surface area contributed by atoms with Crippen molar-refractivity contribution in [3.05, 3.63) is 58.6 Å². The molecule has 2 aromatic rings. The first-order chi connectivity index (χ1) is 14.4. The van der Waals surface area contributed by atoms with E-state index in [2.05, 4.69) is 22.6 Å². The Kier molecular flexibility index (Phi) is 5.26. The smallest absolute Gasteiger partial charge is 0.263 e. The summed E-state index contributed by atoms with van der Waals surface area (Å²) in [5.41, 5.74) is 3.03. The predicted molar refractivity (Wildman–Crippen MR) is 112 cm³/mol. The van der Waals surface area contributed by atoms with Crippen LogP contribution in [-0.4, -0.2) is 41.4 Å². The highest BCUT2D eigenvalue weighted by atomic mass is 35.5. The molecular formula is C21H20ClN5O3. The average molecular weight is 426 g/mol. The van der Waals surface area contributed by atoms with E-state index >= 15 is 0 Å². The molecule has 0 unspecified atom stereocenters. The van der Waals surface area contributed by atoms with E-state index in [1.807, 2.05) is 31.2 Å². The zero-order valence-electron chi connectivity index (χ0n) is 16.5. The van der Waals surface area contributed by atoms with Crippen LogP contribution in [0.2, 0.25) is 5.02 Å². The first-order valence-electron chi connectivity index (χ1n) is 9.59. The highest BCUT2D eigenvalue weighted by Gasteiger charge is 2.55. The lowest BCUT2D eigenvalue weighted by Crippen LogP contribution is -2.43. The molecule has 154 valence electrons. The molecule has 0 spiro atoms. The fourth-order valence-electron chi connectivity index (χ4n) is 3.50. The Balaban J connectivity index is 1.47. The molecule has 2 aromatic carbocycles. The van der Waals surface area contributed by atoms with Crippen molar-refractivity contribution in [3.63, 3.8) is 0 Å². The number of halogens is 1. The van der Waals surface area contributed by atoms with Gasteiger partial charge < -0.3 is 5.32 Å². The summed E-state index contributed by atoms with van der Waals surface area (Å²) in [5, 5.41) is 12.3. The number of imide groups is 1. The Labute approximate surface area is 178 Å². The molecule has 2 atom stereocenters. The summed E-state index contributed by atoms with van der Waals surface area (Å²) in [7, 11) is 0. The van der Waals surface area contributed by atoms with Gasteiger partial charge in [0, 0.05) is 10.7 Å². The summed E-state index contributed by atoms with van der Waals surface area (Å²) in [6, 6.07) is 10.6. The molecule has 30 heavy (non-hydrogen) atoms. The number of fused-ring (bicyclic) bond motifs is 1. The van der Waals surface area contributed by atoms with Crippen molar-refractivity contribution in [2.75, 3.05) is 16.8 Å². The molecule has 0 aliphatic carbocycles. The molecule has 0 saturated carbocycles. The molecule has 0 bridgehead atoms. The lowest BCUT2D eigenvalue weighted by molar-refractivity contribution is -0.123. The molecule has 3 amide bonds. The minimum atomic E-state index is -0.964. The van der Waals surface area contributed by atoms with E-state index in [-0.39, 0.29) is 12.5 Å². The van der Waals surface area contributed by atoms with Crippen LogP contribution in [0.1, 0.15) is 18.1 Å². The highest BCUT2D eigenvalue weighted by molar-refractivity contribution is 6.32. The van der Waals surface area contributed by atoms with E-state index in [4.69, 9.17) is 11.6 Å². The first kappa shape index (κ1) is 20.0. The van der Waals surface area contributed by atoms with Crippen molar-refractivity contribution in [2.24, 2.45) is 10.3 Å². The van der Waals surface area contributed by atoms with E-state index < -0.39 is 23.9 Å². The number of amides is 3. The Bertz CT molecular complexity index is 1050. The van der Waals surface area contributed by atoms with Gasteiger partial charge >= 0.3 is 0 Å². The van der Waals surface area contributed by atoms with Crippen LogP contribution in [0.15, 0.2) is 52.8 Å². The molecule has 1 N–H and O–H groups in total. The van der Waals surface area contributed by atoms with E-state index in [0.29, 0.717) is 16.4 Å². The van der Waals surface area contributed by atoms with E-state index in [0.717, 1.165) is 22.4 Å². The number of benzene rings is 2. The van der Waals surface area contributed by atoms with Gasteiger partial charge in [-0.3, -0.25) is 19.4 Å². The molecular weight excluding hydrogens is 406 g/mol. The highest BCUT2D eigenvalue weighted by Crippen LogP contribution is 2.33. The van der Waals surface area contributed by atoms with Crippen LogP contribution in [0, 0.1) is 6.92 Å². The molecule has 2 aliphatic rings. The SMILES string of the molecule is CCc1ccc(NC(=O)CN2N=N[C@H]3C(=O)N(c4ccc(C)c(Cl)c4)C(=O)[C@H]32)cc1. The topological polar surface area (TPSA) is 94.4 Å². The molecule has 2 heterocycles. The zero-order valence-corrected chi connectivity index (χ0v) is 17.3. The number of hydrogen-bond donors (Lipinski definition) is 1. The molecule has 9 heteroatoms. The third-order valence-electron chi connectivity index (χ3n) is 5.22. The zero-order chi connectivity index (χ0) is 21.4. The van der Waals surface area contributed by atoms with Crippen LogP contribution in [0.25, 0.3) is 0 Å². The third-order valence-corrected chi connectivity index (χ3v) is 5.63. The number of carbonyl (C=O) groups excluding carboxylic acids is 3. The summed E-state index contributed by atoms with van der Waals surface area (Å²) in [6.07, 6.45) is 0.907. The second-order valence-corrected chi connectivity index (χ2v) is 7.64. The average Bonchev–Trinajstić information content (AvgIpc) is 3.24. The van der Waals surface area contributed by atoms with Crippen molar-refractivity contribution in [2.45, 2.75) is 32.4 Å². The van der Waals surface area contributed by atoms with Crippen molar-refractivity contribution < 1.29 is 14.4 Å². The molecule has 1 fully saturated rings. The molecule has 4 rings (SSSR count). The number of rotatable bonds is 5. The van der Waals surface area contributed by atoms with Crippen molar-refractivity contribution in [1.82, 2.24) is 5.01 Å². The van der Waals surface area contributed by atoms with Gasteiger partial charge in [-0.1, -0.05) is 41.9 Å². The maximum Gasteiger partial charge on any atom is 0.263 e. The Hall–Kier alpha value is -3.26. The fourth-order valence-corrected chi connectivity index (χ4v) is 3.68. The Morgan fingerprint density at radius 1 is 1.13 bits per heavy atom. The van der Waals surface area contributed by atoms with E-state index in [9.17, 15) is 14.4 Å². The number of hydrogen-bond acceptors (Lipinski definition) is 6.